The van der Waals surface area contributed by atoms with Crippen molar-refractivity contribution >= 4 is 11.8 Å². The van der Waals surface area contributed by atoms with Crippen LogP contribution in [0.25, 0.3) is 0 Å². The van der Waals surface area contributed by atoms with E-state index >= 15 is 0 Å². The van der Waals surface area contributed by atoms with Crippen molar-refractivity contribution in [3.05, 3.63) is 71.3 Å². The van der Waals surface area contributed by atoms with E-state index in [1.54, 1.807) is 0 Å². The van der Waals surface area contributed by atoms with Crippen molar-refractivity contribution in [3.8, 4) is 0 Å². The SMILES string of the molecule is CC(C)OC(=O)[C@@H]1Cc2ccccc2[C@@H]1CC(=O)c1ccccc1. The molecule has 2 aromatic carbocycles. The first-order chi connectivity index (χ1) is 11.6. The maximum Gasteiger partial charge on any atom is 0.310 e. The number of ether oxygens (including phenoxy) is 1. The quantitative estimate of drug-likeness (QED) is 0.613. The minimum absolute atomic E-state index is 0.0691. The van der Waals surface area contributed by atoms with Crippen molar-refractivity contribution in [2.24, 2.45) is 5.92 Å². The Hall–Kier alpha value is -2.42. The Balaban J connectivity index is 1.86. The van der Waals surface area contributed by atoms with Crippen molar-refractivity contribution < 1.29 is 14.3 Å². The van der Waals surface area contributed by atoms with Gasteiger partial charge in [0, 0.05) is 17.9 Å². The molecule has 0 saturated heterocycles. The number of benzene rings is 2. The Labute approximate surface area is 142 Å². The van der Waals surface area contributed by atoms with Gasteiger partial charge in [-0.15, -0.1) is 0 Å². The fraction of sp³-hybridized carbons (Fsp3) is 0.333. The van der Waals surface area contributed by atoms with Crippen LogP contribution < -0.4 is 0 Å². The number of hydrogen-bond donors (Lipinski definition) is 0. The maximum atomic E-state index is 12.6. The molecule has 0 spiro atoms. The molecule has 0 heterocycles. The molecule has 0 fully saturated rings. The van der Waals surface area contributed by atoms with Gasteiger partial charge in [0.2, 0.25) is 0 Å². The lowest BCUT2D eigenvalue weighted by atomic mass is 9.86. The number of Topliss-reactive ketones (excluding diaryl/α,β-unsaturated/α-hetero) is 1. The first-order valence-corrected chi connectivity index (χ1v) is 8.43. The van der Waals surface area contributed by atoms with Gasteiger partial charge in [0.05, 0.1) is 12.0 Å². The fourth-order valence-corrected chi connectivity index (χ4v) is 3.44. The largest absolute Gasteiger partial charge is 0.463 e. The molecule has 124 valence electrons. The summed E-state index contributed by atoms with van der Waals surface area (Å²) in [5.41, 5.74) is 2.94. The number of ketones is 1. The molecule has 2 aromatic rings. The van der Waals surface area contributed by atoms with Gasteiger partial charge in [-0.3, -0.25) is 9.59 Å². The van der Waals surface area contributed by atoms with Crippen molar-refractivity contribution in [1.29, 1.82) is 0 Å². The molecule has 0 aliphatic heterocycles. The average molecular weight is 322 g/mol. The molecule has 3 rings (SSSR count). The molecule has 0 unspecified atom stereocenters. The van der Waals surface area contributed by atoms with Crippen molar-refractivity contribution in [3.63, 3.8) is 0 Å². The zero-order valence-electron chi connectivity index (χ0n) is 14.1. The van der Waals surface area contributed by atoms with Crippen LogP contribution in [-0.2, 0) is 16.0 Å². The van der Waals surface area contributed by atoms with Crippen LogP contribution >= 0.6 is 0 Å². The molecule has 0 N–H and O–H groups in total. The zero-order valence-corrected chi connectivity index (χ0v) is 14.1. The Morgan fingerprint density at radius 1 is 1.04 bits per heavy atom. The Kier molecular flexibility index (Phi) is 4.79. The molecule has 1 aliphatic rings. The van der Waals surface area contributed by atoms with Crippen LogP contribution in [0.15, 0.2) is 54.6 Å². The van der Waals surface area contributed by atoms with E-state index in [2.05, 4.69) is 0 Å². The highest BCUT2D eigenvalue weighted by molar-refractivity contribution is 5.97. The molecule has 2 atom stereocenters. The molecule has 0 radical (unpaired) electrons. The third-order valence-electron chi connectivity index (χ3n) is 4.54. The smallest absolute Gasteiger partial charge is 0.310 e. The van der Waals surface area contributed by atoms with Crippen LogP contribution in [0.1, 0.15) is 47.7 Å². The molecule has 0 bridgehead atoms. The third kappa shape index (κ3) is 3.40. The van der Waals surface area contributed by atoms with E-state index in [0.29, 0.717) is 18.4 Å². The Morgan fingerprint density at radius 3 is 2.42 bits per heavy atom. The van der Waals surface area contributed by atoms with Crippen molar-refractivity contribution in [1.82, 2.24) is 0 Å². The van der Waals surface area contributed by atoms with Crippen molar-refractivity contribution in [2.45, 2.75) is 38.7 Å². The van der Waals surface area contributed by atoms with Crippen LogP contribution in [0.3, 0.4) is 0 Å². The highest BCUT2D eigenvalue weighted by Crippen LogP contribution is 2.41. The monoisotopic (exact) mass is 322 g/mol. The first kappa shape index (κ1) is 16.4. The Morgan fingerprint density at radius 2 is 1.71 bits per heavy atom. The Bertz CT molecular complexity index is 734. The molecule has 1 aliphatic carbocycles. The highest BCUT2D eigenvalue weighted by atomic mass is 16.5. The number of carbonyl (C=O) groups excluding carboxylic acids is 2. The number of rotatable bonds is 5. The van der Waals surface area contributed by atoms with Crippen LogP contribution in [-0.4, -0.2) is 17.9 Å². The van der Waals surface area contributed by atoms with E-state index in [4.69, 9.17) is 4.74 Å². The van der Waals surface area contributed by atoms with E-state index in [9.17, 15) is 9.59 Å². The summed E-state index contributed by atoms with van der Waals surface area (Å²) in [6.45, 7) is 3.70. The number of hydrogen-bond acceptors (Lipinski definition) is 3. The van der Waals surface area contributed by atoms with Crippen LogP contribution in [0, 0.1) is 5.92 Å². The normalized spacial score (nSPS) is 19.1. The summed E-state index contributed by atoms with van der Waals surface area (Å²) >= 11 is 0. The molecular formula is C21H22O3. The molecule has 3 nitrogen and oxygen atoms in total. The van der Waals surface area contributed by atoms with Gasteiger partial charge >= 0.3 is 5.97 Å². The van der Waals surface area contributed by atoms with Gasteiger partial charge in [-0.2, -0.15) is 0 Å². The lowest BCUT2D eigenvalue weighted by Gasteiger charge is -2.20. The fourth-order valence-electron chi connectivity index (χ4n) is 3.44. The molecule has 0 amide bonds. The molecule has 24 heavy (non-hydrogen) atoms. The first-order valence-electron chi connectivity index (χ1n) is 8.43. The molecule has 3 heteroatoms. The number of fused-ring (bicyclic) bond motifs is 1. The minimum atomic E-state index is -0.280. The summed E-state index contributed by atoms with van der Waals surface area (Å²) in [6, 6.07) is 17.3. The van der Waals surface area contributed by atoms with Gasteiger partial charge in [-0.25, -0.2) is 0 Å². The van der Waals surface area contributed by atoms with Crippen LogP contribution in [0.2, 0.25) is 0 Å². The van der Waals surface area contributed by atoms with E-state index in [1.807, 2.05) is 68.4 Å². The number of carbonyl (C=O) groups is 2. The van der Waals surface area contributed by atoms with Crippen LogP contribution in [0.4, 0.5) is 0 Å². The lowest BCUT2D eigenvalue weighted by Crippen LogP contribution is -2.26. The molecule has 0 aromatic heterocycles. The summed E-state index contributed by atoms with van der Waals surface area (Å²) in [6.07, 6.45) is 0.833. The summed E-state index contributed by atoms with van der Waals surface area (Å²) < 4.78 is 5.43. The second-order valence-electron chi connectivity index (χ2n) is 6.59. The summed E-state index contributed by atoms with van der Waals surface area (Å²) in [7, 11) is 0. The zero-order chi connectivity index (χ0) is 17.1. The second-order valence-corrected chi connectivity index (χ2v) is 6.59. The number of esters is 1. The van der Waals surface area contributed by atoms with Gasteiger partial charge in [-0.05, 0) is 31.4 Å². The van der Waals surface area contributed by atoms with E-state index in [-0.39, 0.29) is 29.7 Å². The highest BCUT2D eigenvalue weighted by Gasteiger charge is 2.39. The second kappa shape index (κ2) is 7.00. The molecular weight excluding hydrogens is 300 g/mol. The topological polar surface area (TPSA) is 43.4 Å². The summed E-state index contributed by atoms with van der Waals surface area (Å²) in [4.78, 5) is 25.2. The van der Waals surface area contributed by atoms with Gasteiger partial charge in [0.1, 0.15) is 0 Å². The van der Waals surface area contributed by atoms with E-state index in [1.165, 1.54) is 0 Å². The predicted molar refractivity (Wildman–Crippen MR) is 93.0 cm³/mol. The van der Waals surface area contributed by atoms with Crippen molar-refractivity contribution in [2.75, 3.05) is 0 Å². The summed E-state index contributed by atoms with van der Waals surface area (Å²) in [5, 5.41) is 0. The van der Waals surface area contributed by atoms with Gasteiger partial charge in [0.15, 0.2) is 5.78 Å². The third-order valence-corrected chi connectivity index (χ3v) is 4.54. The van der Waals surface area contributed by atoms with E-state index < -0.39 is 0 Å². The van der Waals surface area contributed by atoms with Gasteiger partial charge in [-0.1, -0.05) is 54.6 Å². The predicted octanol–water partition coefficient (Wildman–Crippen LogP) is 4.17. The van der Waals surface area contributed by atoms with Crippen LogP contribution in [0.5, 0.6) is 0 Å². The standard InChI is InChI=1S/C21H22O3/c1-14(2)24-21(23)19-12-16-10-6-7-11-17(16)18(19)13-20(22)15-8-4-3-5-9-15/h3-11,14,18-19H,12-13H2,1-2H3/t18-,19+/m0/s1. The maximum absolute atomic E-state index is 12.6. The summed E-state index contributed by atoms with van der Waals surface area (Å²) in [5.74, 6) is -0.524. The molecule has 0 saturated carbocycles. The lowest BCUT2D eigenvalue weighted by molar-refractivity contribution is -0.152. The average Bonchev–Trinajstić information content (AvgIpc) is 2.94. The van der Waals surface area contributed by atoms with Gasteiger partial charge in [0.25, 0.3) is 0 Å². The van der Waals surface area contributed by atoms with E-state index in [0.717, 1.165) is 11.1 Å². The minimum Gasteiger partial charge on any atom is -0.463 e. The van der Waals surface area contributed by atoms with Gasteiger partial charge < -0.3 is 4.74 Å².